The molecule has 2 saturated heterocycles. The van der Waals surface area contributed by atoms with E-state index in [2.05, 4.69) is 34.5 Å². The molecule has 3 aliphatic rings. The highest BCUT2D eigenvalue weighted by atomic mass is 16.2. The third-order valence-corrected chi connectivity index (χ3v) is 5.10. The molecule has 1 amide bonds. The summed E-state index contributed by atoms with van der Waals surface area (Å²) < 4.78 is 0. The van der Waals surface area contributed by atoms with Crippen molar-refractivity contribution in [3.05, 3.63) is 35.4 Å². The molecule has 0 unspecified atom stereocenters. The summed E-state index contributed by atoms with van der Waals surface area (Å²) in [6, 6.07) is 8.51. The number of rotatable bonds is 1. The van der Waals surface area contributed by atoms with Crippen LogP contribution < -0.4 is 5.32 Å². The molecule has 3 nitrogen and oxygen atoms in total. The number of fused-ring (bicyclic) bond motifs is 2. The second kappa shape index (κ2) is 4.34. The van der Waals surface area contributed by atoms with Gasteiger partial charge in [0.15, 0.2) is 0 Å². The van der Waals surface area contributed by atoms with Gasteiger partial charge in [-0.1, -0.05) is 24.3 Å². The van der Waals surface area contributed by atoms with Crippen LogP contribution in [0.15, 0.2) is 24.3 Å². The number of likely N-dealkylation sites (tertiary alicyclic amines) is 1. The molecular formula is C16H20N2O. The molecule has 3 heteroatoms. The summed E-state index contributed by atoms with van der Waals surface area (Å²) in [6.07, 6.45) is 1.89. The minimum atomic E-state index is 0.198. The van der Waals surface area contributed by atoms with E-state index >= 15 is 0 Å². The number of benzene rings is 1. The van der Waals surface area contributed by atoms with Crippen molar-refractivity contribution >= 4 is 5.91 Å². The van der Waals surface area contributed by atoms with E-state index in [1.54, 1.807) is 0 Å². The molecule has 0 bridgehead atoms. The predicted octanol–water partition coefficient (Wildman–Crippen LogP) is 1.08. The van der Waals surface area contributed by atoms with Crippen molar-refractivity contribution < 1.29 is 4.79 Å². The zero-order valence-corrected chi connectivity index (χ0v) is 11.1. The summed E-state index contributed by atoms with van der Waals surface area (Å²) in [4.78, 5) is 14.8. The fourth-order valence-electron chi connectivity index (χ4n) is 4.03. The van der Waals surface area contributed by atoms with Gasteiger partial charge in [0.05, 0.1) is 0 Å². The van der Waals surface area contributed by atoms with Crippen LogP contribution in [0.2, 0.25) is 0 Å². The highest BCUT2D eigenvalue weighted by Gasteiger charge is 2.40. The van der Waals surface area contributed by atoms with Gasteiger partial charge >= 0.3 is 0 Å². The zero-order chi connectivity index (χ0) is 12.8. The molecule has 100 valence electrons. The highest BCUT2D eigenvalue weighted by molar-refractivity contribution is 5.80. The Morgan fingerprint density at radius 3 is 2.21 bits per heavy atom. The Bertz CT molecular complexity index is 476. The Balaban J connectivity index is 1.46. The normalized spacial score (nSPS) is 29.6. The van der Waals surface area contributed by atoms with E-state index in [9.17, 15) is 4.79 Å². The molecule has 4 rings (SSSR count). The van der Waals surface area contributed by atoms with E-state index in [-0.39, 0.29) is 5.92 Å². The maximum absolute atomic E-state index is 12.7. The standard InChI is InChI=1S/C16H20N2O/c19-16(18-9-14-7-17-8-15(14)10-18)13-5-11-3-1-2-4-12(11)6-13/h1-4,13-15,17H,5-10H2/t14-,15+. The Morgan fingerprint density at radius 2 is 1.63 bits per heavy atom. The van der Waals surface area contributed by atoms with Gasteiger partial charge in [0.2, 0.25) is 5.91 Å². The molecule has 2 fully saturated rings. The molecule has 1 aromatic rings. The summed E-state index contributed by atoms with van der Waals surface area (Å²) >= 11 is 0. The number of hydrogen-bond acceptors (Lipinski definition) is 2. The van der Waals surface area contributed by atoms with Crippen molar-refractivity contribution in [3.63, 3.8) is 0 Å². The van der Waals surface area contributed by atoms with Crippen LogP contribution in [0.5, 0.6) is 0 Å². The molecule has 1 aliphatic carbocycles. The van der Waals surface area contributed by atoms with Crippen LogP contribution >= 0.6 is 0 Å². The van der Waals surface area contributed by atoms with Crippen molar-refractivity contribution in [2.45, 2.75) is 12.8 Å². The van der Waals surface area contributed by atoms with Crippen molar-refractivity contribution in [2.24, 2.45) is 17.8 Å². The van der Waals surface area contributed by atoms with E-state index in [0.29, 0.717) is 17.7 Å². The van der Waals surface area contributed by atoms with Gasteiger partial charge < -0.3 is 10.2 Å². The Kier molecular flexibility index (Phi) is 2.62. The Labute approximate surface area is 114 Å². The lowest BCUT2D eigenvalue weighted by Gasteiger charge is -2.21. The first-order valence-electron chi connectivity index (χ1n) is 7.37. The molecule has 19 heavy (non-hydrogen) atoms. The molecule has 2 heterocycles. The molecule has 1 N–H and O–H groups in total. The molecule has 0 saturated carbocycles. The van der Waals surface area contributed by atoms with Gasteiger partial charge in [0.25, 0.3) is 0 Å². The van der Waals surface area contributed by atoms with Gasteiger partial charge in [-0.05, 0) is 35.8 Å². The summed E-state index contributed by atoms with van der Waals surface area (Å²) in [5, 5.41) is 3.43. The predicted molar refractivity (Wildman–Crippen MR) is 73.8 cm³/mol. The number of hydrogen-bond donors (Lipinski definition) is 1. The lowest BCUT2D eigenvalue weighted by molar-refractivity contribution is -0.134. The number of nitrogens with one attached hydrogen (secondary N) is 1. The average molecular weight is 256 g/mol. The van der Waals surface area contributed by atoms with E-state index in [0.717, 1.165) is 39.0 Å². The third kappa shape index (κ3) is 1.88. The SMILES string of the molecule is O=C(C1Cc2ccccc2C1)N1C[C@H]2CNC[C@H]2C1. The van der Waals surface area contributed by atoms with Crippen molar-refractivity contribution in [1.82, 2.24) is 10.2 Å². The van der Waals surface area contributed by atoms with E-state index in [1.807, 2.05) is 0 Å². The van der Waals surface area contributed by atoms with Gasteiger partial charge in [0.1, 0.15) is 0 Å². The van der Waals surface area contributed by atoms with Crippen LogP contribution in [0.3, 0.4) is 0 Å². The van der Waals surface area contributed by atoms with Crippen LogP contribution in [0.1, 0.15) is 11.1 Å². The summed E-state index contributed by atoms with van der Waals surface area (Å²) in [6.45, 7) is 4.14. The van der Waals surface area contributed by atoms with Gasteiger partial charge in [-0.2, -0.15) is 0 Å². The van der Waals surface area contributed by atoms with Crippen molar-refractivity contribution in [3.8, 4) is 0 Å². The van der Waals surface area contributed by atoms with Crippen LogP contribution in [-0.4, -0.2) is 37.0 Å². The minimum absolute atomic E-state index is 0.198. The van der Waals surface area contributed by atoms with Crippen LogP contribution in [0.4, 0.5) is 0 Å². The molecule has 0 radical (unpaired) electrons. The molecule has 2 aliphatic heterocycles. The molecular weight excluding hydrogens is 236 g/mol. The van der Waals surface area contributed by atoms with E-state index in [4.69, 9.17) is 0 Å². The molecule has 0 aromatic heterocycles. The Morgan fingerprint density at radius 1 is 1.05 bits per heavy atom. The average Bonchev–Trinajstić information content (AvgIpc) is 3.10. The van der Waals surface area contributed by atoms with Gasteiger partial charge in [0, 0.05) is 32.1 Å². The molecule has 2 atom stereocenters. The topological polar surface area (TPSA) is 32.3 Å². The highest BCUT2D eigenvalue weighted by Crippen LogP contribution is 2.32. The first-order valence-corrected chi connectivity index (χ1v) is 7.37. The zero-order valence-electron chi connectivity index (χ0n) is 11.1. The van der Waals surface area contributed by atoms with E-state index in [1.165, 1.54) is 11.1 Å². The largest absolute Gasteiger partial charge is 0.342 e. The summed E-state index contributed by atoms with van der Waals surface area (Å²) in [5.41, 5.74) is 2.75. The van der Waals surface area contributed by atoms with Crippen molar-refractivity contribution in [2.75, 3.05) is 26.2 Å². The van der Waals surface area contributed by atoms with Crippen LogP contribution in [0.25, 0.3) is 0 Å². The van der Waals surface area contributed by atoms with Crippen LogP contribution in [0, 0.1) is 17.8 Å². The van der Waals surface area contributed by atoms with Crippen molar-refractivity contribution in [1.29, 1.82) is 0 Å². The lowest BCUT2D eigenvalue weighted by atomic mass is 10.0. The second-order valence-corrected chi connectivity index (χ2v) is 6.30. The third-order valence-electron chi connectivity index (χ3n) is 5.10. The first-order chi connectivity index (χ1) is 9.31. The maximum atomic E-state index is 12.7. The van der Waals surface area contributed by atoms with Crippen LogP contribution in [-0.2, 0) is 17.6 Å². The Hall–Kier alpha value is -1.35. The number of nitrogens with zero attached hydrogens (tertiary/aromatic N) is 1. The first kappa shape index (κ1) is 11.5. The second-order valence-electron chi connectivity index (χ2n) is 6.30. The van der Waals surface area contributed by atoms with E-state index < -0.39 is 0 Å². The number of amides is 1. The lowest BCUT2D eigenvalue weighted by Crippen LogP contribution is -2.36. The molecule has 1 aromatic carbocycles. The quantitative estimate of drug-likeness (QED) is 0.815. The summed E-state index contributed by atoms with van der Waals surface area (Å²) in [5.74, 6) is 2.00. The molecule has 0 spiro atoms. The fraction of sp³-hybridized carbons (Fsp3) is 0.562. The summed E-state index contributed by atoms with van der Waals surface area (Å²) in [7, 11) is 0. The fourth-order valence-corrected chi connectivity index (χ4v) is 4.03. The number of carbonyl (C=O) groups is 1. The van der Waals surface area contributed by atoms with Gasteiger partial charge in [-0.3, -0.25) is 4.79 Å². The maximum Gasteiger partial charge on any atom is 0.226 e. The van der Waals surface area contributed by atoms with Gasteiger partial charge in [-0.25, -0.2) is 0 Å². The number of carbonyl (C=O) groups excluding carboxylic acids is 1. The smallest absolute Gasteiger partial charge is 0.226 e. The minimum Gasteiger partial charge on any atom is -0.342 e. The van der Waals surface area contributed by atoms with Gasteiger partial charge in [-0.15, -0.1) is 0 Å². The monoisotopic (exact) mass is 256 g/mol.